The predicted octanol–water partition coefficient (Wildman–Crippen LogP) is 1.28. The number of guanidine groups is 1. The molecule has 2 heterocycles. The van der Waals surface area contributed by atoms with Gasteiger partial charge in [-0.05, 0) is 46.5 Å². The van der Waals surface area contributed by atoms with Crippen LogP contribution < -0.4 is 5.32 Å². The predicted molar refractivity (Wildman–Crippen MR) is 114 cm³/mol. The number of hydrogen-bond acceptors (Lipinski definition) is 5. The number of piperazine rings is 1. The number of nitrogens with zero attached hydrogens (tertiary/aromatic N) is 4. The number of hydrogen-bond donors (Lipinski definition) is 1. The molecule has 30 heavy (non-hydrogen) atoms. The Kier molecular flexibility index (Phi) is 7.44. The van der Waals surface area contributed by atoms with Crippen LogP contribution in [0.2, 0.25) is 0 Å². The van der Waals surface area contributed by atoms with Crippen molar-refractivity contribution in [2.24, 2.45) is 4.99 Å². The van der Waals surface area contributed by atoms with Crippen molar-refractivity contribution in [3.05, 3.63) is 0 Å². The molecule has 3 rings (SSSR count). The van der Waals surface area contributed by atoms with Crippen molar-refractivity contribution in [2.75, 3.05) is 52.9 Å². The van der Waals surface area contributed by atoms with Gasteiger partial charge in [-0.2, -0.15) is 0 Å². The normalized spacial score (nSPS) is 22.8. The van der Waals surface area contributed by atoms with Crippen LogP contribution in [0.5, 0.6) is 0 Å². The SMILES string of the molecule is CN=C(NCCN(C(=O)OC(C)(C)C)C1CC1)N1CCN(C(=O)C2CCCO2)CC1. The lowest BCUT2D eigenvalue weighted by atomic mass is 10.2. The molecule has 0 aromatic heterocycles. The lowest BCUT2D eigenvalue weighted by Crippen LogP contribution is -2.56. The second kappa shape index (κ2) is 9.85. The highest BCUT2D eigenvalue weighted by molar-refractivity contribution is 5.82. The number of carbonyl (C=O) groups is 2. The van der Waals surface area contributed by atoms with Gasteiger partial charge in [0.1, 0.15) is 11.7 Å². The van der Waals surface area contributed by atoms with Gasteiger partial charge in [0.2, 0.25) is 0 Å². The third kappa shape index (κ3) is 6.23. The van der Waals surface area contributed by atoms with Crippen LogP contribution in [-0.2, 0) is 14.3 Å². The summed E-state index contributed by atoms with van der Waals surface area (Å²) in [6.45, 7) is 10.4. The standard InChI is InChI=1S/C21H37N5O4/c1-21(2,3)30-20(28)26(16-7-8-16)10-9-23-19(22-4)25-13-11-24(12-14-25)18(27)17-6-5-15-29-17/h16-17H,5-15H2,1-4H3,(H,22,23). The average molecular weight is 424 g/mol. The molecule has 0 aromatic rings. The Labute approximate surface area is 179 Å². The summed E-state index contributed by atoms with van der Waals surface area (Å²) in [4.78, 5) is 35.3. The molecule has 0 bridgehead atoms. The Morgan fingerprint density at radius 3 is 2.33 bits per heavy atom. The molecule has 2 aliphatic heterocycles. The van der Waals surface area contributed by atoms with Crippen molar-refractivity contribution in [3.63, 3.8) is 0 Å². The molecule has 9 heteroatoms. The Balaban J connectivity index is 1.43. The zero-order chi connectivity index (χ0) is 21.7. The number of aliphatic imine (C=N–C) groups is 1. The maximum absolute atomic E-state index is 12.5. The molecule has 9 nitrogen and oxygen atoms in total. The highest BCUT2D eigenvalue weighted by Gasteiger charge is 2.35. The summed E-state index contributed by atoms with van der Waals surface area (Å²) in [5, 5.41) is 3.37. The lowest BCUT2D eigenvalue weighted by molar-refractivity contribution is -0.142. The summed E-state index contributed by atoms with van der Waals surface area (Å²) in [5.41, 5.74) is -0.492. The Morgan fingerprint density at radius 1 is 1.13 bits per heavy atom. The molecule has 2 amide bonds. The smallest absolute Gasteiger partial charge is 0.410 e. The van der Waals surface area contributed by atoms with E-state index in [4.69, 9.17) is 9.47 Å². The molecule has 1 N–H and O–H groups in total. The molecule has 3 fully saturated rings. The van der Waals surface area contributed by atoms with Crippen LogP contribution in [0.4, 0.5) is 4.79 Å². The average Bonchev–Trinajstić information content (AvgIpc) is 3.38. The summed E-state index contributed by atoms with van der Waals surface area (Å²) in [7, 11) is 1.76. The van der Waals surface area contributed by atoms with E-state index in [9.17, 15) is 9.59 Å². The molecule has 2 saturated heterocycles. The van der Waals surface area contributed by atoms with Crippen LogP contribution in [0.1, 0.15) is 46.5 Å². The van der Waals surface area contributed by atoms with Crippen molar-refractivity contribution in [3.8, 4) is 0 Å². The minimum absolute atomic E-state index is 0.118. The van der Waals surface area contributed by atoms with Gasteiger partial charge in [0.05, 0.1) is 0 Å². The van der Waals surface area contributed by atoms with Gasteiger partial charge in [0, 0.05) is 59.0 Å². The Morgan fingerprint density at radius 2 is 1.80 bits per heavy atom. The van der Waals surface area contributed by atoms with Gasteiger partial charge in [-0.3, -0.25) is 9.79 Å². The second-order valence-corrected chi connectivity index (χ2v) is 9.19. The topological polar surface area (TPSA) is 86.7 Å². The van der Waals surface area contributed by atoms with Crippen molar-refractivity contribution < 1.29 is 19.1 Å². The third-order valence-electron chi connectivity index (χ3n) is 5.56. The summed E-state index contributed by atoms with van der Waals surface area (Å²) in [6, 6.07) is 0.288. The van der Waals surface area contributed by atoms with Crippen LogP contribution >= 0.6 is 0 Å². The van der Waals surface area contributed by atoms with Gasteiger partial charge >= 0.3 is 6.09 Å². The van der Waals surface area contributed by atoms with Crippen LogP contribution in [0.25, 0.3) is 0 Å². The minimum Gasteiger partial charge on any atom is -0.444 e. The van der Waals surface area contributed by atoms with Crippen LogP contribution in [-0.4, -0.2) is 103 Å². The van der Waals surface area contributed by atoms with Crippen LogP contribution in [0, 0.1) is 0 Å². The van der Waals surface area contributed by atoms with Gasteiger partial charge in [0.15, 0.2) is 5.96 Å². The molecule has 1 aliphatic carbocycles. The largest absolute Gasteiger partial charge is 0.444 e. The van der Waals surface area contributed by atoms with E-state index < -0.39 is 5.60 Å². The first-order valence-corrected chi connectivity index (χ1v) is 11.1. The number of ether oxygens (including phenoxy) is 2. The lowest BCUT2D eigenvalue weighted by Gasteiger charge is -2.37. The van der Waals surface area contributed by atoms with E-state index in [0.29, 0.717) is 32.8 Å². The maximum atomic E-state index is 12.5. The van der Waals surface area contributed by atoms with Crippen molar-refractivity contribution in [1.82, 2.24) is 20.0 Å². The fraction of sp³-hybridized carbons (Fsp3) is 0.857. The fourth-order valence-electron chi connectivity index (χ4n) is 3.86. The van der Waals surface area contributed by atoms with Crippen LogP contribution in [0.15, 0.2) is 4.99 Å². The molecule has 1 saturated carbocycles. The van der Waals surface area contributed by atoms with Crippen LogP contribution in [0.3, 0.4) is 0 Å². The van der Waals surface area contributed by atoms with Gasteiger partial charge in [-0.1, -0.05) is 0 Å². The van der Waals surface area contributed by atoms with Gasteiger partial charge < -0.3 is 29.5 Å². The Hall–Kier alpha value is -2.03. The molecular weight excluding hydrogens is 386 g/mol. The summed E-state index contributed by atoms with van der Waals surface area (Å²) >= 11 is 0. The molecule has 170 valence electrons. The quantitative estimate of drug-likeness (QED) is 0.530. The molecule has 1 atom stereocenters. The van der Waals surface area contributed by atoms with Gasteiger partial charge in [-0.25, -0.2) is 4.79 Å². The van der Waals surface area contributed by atoms with Gasteiger partial charge in [-0.15, -0.1) is 0 Å². The highest BCUT2D eigenvalue weighted by Crippen LogP contribution is 2.28. The van der Waals surface area contributed by atoms with E-state index in [-0.39, 0.29) is 24.1 Å². The zero-order valence-corrected chi connectivity index (χ0v) is 18.9. The summed E-state index contributed by atoms with van der Waals surface area (Å²) in [5.74, 6) is 0.923. The first-order chi connectivity index (χ1) is 14.3. The van der Waals surface area contributed by atoms with E-state index in [1.807, 2.05) is 30.6 Å². The van der Waals surface area contributed by atoms with E-state index in [2.05, 4.69) is 15.2 Å². The number of nitrogens with one attached hydrogen (secondary N) is 1. The molecule has 0 radical (unpaired) electrons. The number of rotatable bonds is 5. The summed E-state index contributed by atoms with van der Waals surface area (Å²) in [6.07, 6.45) is 3.37. The second-order valence-electron chi connectivity index (χ2n) is 9.19. The van der Waals surface area contributed by atoms with Crippen molar-refractivity contribution >= 4 is 18.0 Å². The monoisotopic (exact) mass is 423 g/mol. The zero-order valence-electron chi connectivity index (χ0n) is 18.9. The first-order valence-electron chi connectivity index (χ1n) is 11.1. The highest BCUT2D eigenvalue weighted by atomic mass is 16.6. The minimum atomic E-state index is -0.492. The number of carbonyl (C=O) groups excluding carboxylic acids is 2. The molecule has 3 aliphatic rings. The maximum Gasteiger partial charge on any atom is 0.410 e. The van der Waals surface area contributed by atoms with Crippen molar-refractivity contribution in [1.29, 1.82) is 0 Å². The number of amides is 2. The summed E-state index contributed by atoms with van der Waals surface area (Å²) < 4.78 is 11.1. The van der Waals surface area contributed by atoms with E-state index in [1.54, 1.807) is 7.05 Å². The molecule has 0 aromatic carbocycles. The fourth-order valence-corrected chi connectivity index (χ4v) is 3.86. The Bertz CT molecular complexity index is 630. The molecule has 1 unspecified atom stereocenters. The molecule has 0 spiro atoms. The van der Waals surface area contributed by atoms with E-state index in [1.165, 1.54) is 0 Å². The van der Waals surface area contributed by atoms with Gasteiger partial charge in [0.25, 0.3) is 5.91 Å². The molecular formula is C21H37N5O4. The van der Waals surface area contributed by atoms with Crippen molar-refractivity contribution in [2.45, 2.75) is 64.2 Å². The van der Waals surface area contributed by atoms with E-state index in [0.717, 1.165) is 44.7 Å². The third-order valence-corrected chi connectivity index (χ3v) is 5.56. The van der Waals surface area contributed by atoms with E-state index >= 15 is 0 Å². The first kappa shape index (κ1) is 22.7.